The van der Waals surface area contributed by atoms with Crippen LogP contribution in [0.25, 0.3) is 11.3 Å². The van der Waals surface area contributed by atoms with E-state index in [0.717, 1.165) is 28.6 Å². The van der Waals surface area contributed by atoms with E-state index >= 15 is 0 Å². The summed E-state index contributed by atoms with van der Waals surface area (Å²) in [6.07, 6.45) is 0.542. The molecule has 0 saturated carbocycles. The van der Waals surface area contributed by atoms with Crippen LogP contribution in [0.3, 0.4) is 0 Å². The van der Waals surface area contributed by atoms with Gasteiger partial charge in [-0.25, -0.2) is 4.98 Å². The summed E-state index contributed by atoms with van der Waals surface area (Å²) in [5.41, 5.74) is 2.83. The summed E-state index contributed by atoms with van der Waals surface area (Å²) >= 11 is 1.60. The molecule has 5 heteroatoms. The third-order valence-corrected chi connectivity index (χ3v) is 3.69. The number of thiazole rings is 1. The fraction of sp³-hybridized carbons (Fsp3) is 0.375. The third kappa shape index (κ3) is 4.56. The van der Waals surface area contributed by atoms with E-state index in [0.29, 0.717) is 12.3 Å². The number of nitrogens with one attached hydrogen (secondary N) is 2. The van der Waals surface area contributed by atoms with E-state index in [2.05, 4.69) is 22.5 Å². The Morgan fingerprint density at radius 2 is 2.00 bits per heavy atom. The van der Waals surface area contributed by atoms with Crippen LogP contribution in [0, 0.1) is 5.92 Å². The standard InChI is InChI=1S/C16H21N3OS/c1-4-17-16-19-14(10-21-16)12-5-7-13(8-6-12)18-15(20)9-11(2)3/h5-8,10-11H,4,9H2,1-3H3,(H,17,19)(H,18,20). The smallest absolute Gasteiger partial charge is 0.224 e. The molecule has 0 fully saturated rings. The minimum Gasteiger partial charge on any atom is -0.362 e. The second-order valence-electron chi connectivity index (χ2n) is 5.29. The summed E-state index contributed by atoms with van der Waals surface area (Å²) in [5, 5.41) is 9.08. The molecule has 0 spiro atoms. The molecule has 21 heavy (non-hydrogen) atoms. The molecule has 0 unspecified atom stereocenters. The van der Waals surface area contributed by atoms with Gasteiger partial charge in [0, 0.05) is 29.6 Å². The Balaban J connectivity index is 2.02. The number of hydrogen-bond acceptors (Lipinski definition) is 4. The Morgan fingerprint density at radius 1 is 1.29 bits per heavy atom. The largest absolute Gasteiger partial charge is 0.362 e. The van der Waals surface area contributed by atoms with Crippen LogP contribution in [-0.2, 0) is 4.79 Å². The molecule has 0 saturated heterocycles. The van der Waals surface area contributed by atoms with Gasteiger partial charge in [0.2, 0.25) is 5.91 Å². The zero-order chi connectivity index (χ0) is 15.2. The number of anilines is 2. The van der Waals surface area contributed by atoms with Crippen molar-refractivity contribution in [2.45, 2.75) is 27.2 Å². The minimum absolute atomic E-state index is 0.0563. The van der Waals surface area contributed by atoms with Gasteiger partial charge < -0.3 is 10.6 Å². The van der Waals surface area contributed by atoms with Gasteiger partial charge in [0.15, 0.2) is 5.13 Å². The van der Waals surface area contributed by atoms with Crippen molar-refractivity contribution >= 4 is 28.1 Å². The number of carbonyl (C=O) groups is 1. The molecule has 0 aliphatic rings. The number of carbonyl (C=O) groups excluding carboxylic acids is 1. The molecule has 2 N–H and O–H groups in total. The van der Waals surface area contributed by atoms with E-state index < -0.39 is 0 Å². The summed E-state index contributed by atoms with van der Waals surface area (Å²) < 4.78 is 0. The Morgan fingerprint density at radius 3 is 2.62 bits per heavy atom. The van der Waals surface area contributed by atoms with Crippen LogP contribution in [-0.4, -0.2) is 17.4 Å². The highest BCUT2D eigenvalue weighted by atomic mass is 32.1. The molecular formula is C16H21N3OS. The van der Waals surface area contributed by atoms with Gasteiger partial charge in [-0.1, -0.05) is 26.0 Å². The van der Waals surface area contributed by atoms with Crippen LogP contribution < -0.4 is 10.6 Å². The summed E-state index contributed by atoms with van der Waals surface area (Å²) in [5.74, 6) is 0.421. The average Bonchev–Trinajstić information content (AvgIpc) is 2.87. The quantitative estimate of drug-likeness (QED) is 0.839. The van der Waals surface area contributed by atoms with Gasteiger partial charge in [0.25, 0.3) is 0 Å². The first-order chi connectivity index (χ1) is 10.1. The summed E-state index contributed by atoms with van der Waals surface area (Å²) in [6.45, 7) is 6.99. The number of amides is 1. The first-order valence-corrected chi connectivity index (χ1v) is 8.06. The molecule has 0 atom stereocenters. The molecule has 0 aliphatic carbocycles. The van der Waals surface area contributed by atoms with Gasteiger partial charge in [-0.05, 0) is 25.0 Å². The van der Waals surface area contributed by atoms with Crippen molar-refractivity contribution < 1.29 is 4.79 Å². The first-order valence-electron chi connectivity index (χ1n) is 7.18. The second-order valence-corrected chi connectivity index (χ2v) is 6.15. The predicted molar refractivity (Wildman–Crippen MR) is 89.8 cm³/mol. The van der Waals surface area contributed by atoms with Crippen LogP contribution >= 0.6 is 11.3 Å². The Bertz CT molecular complexity index is 590. The molecule has 4 nitrogen and oxygen atoms in total. The number of nitrogens with zero attached hydrogens (tertiary/aromatic N) is 1. The van der Waals surface area contributed by atoms with Gasteiger partial charge in [0.1, 0.15) is 0 Å². The summed E-state index contributed by atoms with van der Waals surface area (Å²) in [7, 11) is 0. The molecule has 1 aromatic carbocycles. The van der Waals surface area contributed by atoms with E-state index in [1.807, 2.05) is 43.5 Å². The highest BCUT2D eigenvalue weighted by molar-refractivity contribution is 7.14. The molecule has 0 bridgehead atoms. The molecule has 0 radical (unpaired) electrons. The zero-order valence-corrected chi connectivity index (χ0v) is 13.5. The molecule has 2 rings (SSSR count). The van der Waals surface area contributed by atoms with E-state index in [1.54, 1.807) is 11.3 Å². The SMILES string of the molecule is CCNc1nc(-c2ccc(NC(=O)CC(C)C)cc2)cs1. The van der Waals surface area contributed by atoms with E-state index in [4.69, 9.17) is 0 Å². The van der Waals surface area contributed by atoms with Crippen LogP contribution in [0.2, 0.25) is 0 Å². The second kappa shape index (κ2) is 7.22. The fourth-order valence-electron chi connectivity index (χ4n) is 1.95. The number of aromatic nitrogens is 1. The van der Waals surface area contributed by atoms with Crippen molar-refractivity contribution in [1.82, 2.24) is 4.98 Å². The maximum absolute atomic E-state index is 11.7. The van der Waals surface area contributed by atoms with Gasteiger partial charge >= 0.3 is 0 Å². The molecule has 1 heterocycles. The Labute approximate surface area is 129 Å². The monoisotopic (exact) mass is 303 g/mol. The number of hydrogen-bond donors (Lipinski definition) is 2. The lowest BCUT2D eigenvalue weighted by Gasteiger charge is -2.07. The fourth-order valence-corrected chi connectivity index (χ4v) is 2.74. The van der Waals surface area contributed by atoms with Gasteiger partial charge in [0.05, 0.1) is 5.69 Å². The van der Waals surface area contributed by atoms with Gasteiger partial charge in [-0.3, -0.25) is 4.79 Å². The summed E-state index contributed by atoms with van der Waals surface area (Å²) in [4.78, 5) is 16.2. The van der Waals surface area contributed by atoms with Crippen LogP contribution in [0.15, 0.2) is 29.6 Å². The van der Waals surface area contributed by atoms with Crippen molar-refractivity contribution in [2.24, 2.45) is 5.92 Å². The zero-order valence-electron chi connectivity index (χ0n) is 12.6. The van der Waals surface area contributed by atoms with E-state index in [1.165, 1.54) is 0 Å². The van der Waals surface area contributed by atoms with Crippen LogP contribution in [0.5, 0.6) is 0 Å². The van der Waals surface area contributed by atoms with Crippen LogP contribution in [0.4, 0.5) is 10.8 Å². The molecular weight excluding hydrogens is 282 g/mol. The van der Waals surface area contributed by atoms with Crippen molar-refractivity contribution in [3.63, 3.8) is 0 Å². The lowest BCUT2D eigenvalue weighted by atomic mass is 10.1. The van der Waals surface area contributed by atoms with Crippen molar-refractivity contribution in [2.75, 3.05) is 17.2 Å². The predicted octanol–water partition coefficient (Wildman–Crippen LogP) is 4.23. The maximum Gasteiger partial charge on any atom is 0.224 e. The highest BCUT2D eigenvalue weighted by Gasteiger charge is 2.07. The minimum atomic E-state index is 0.0563. The Kier molecular flexibility index (Phi) is 5.33. The maximum atomic E-state index is 11.7. The number of rotatable bonds is 6. The molecule has 1 aromatic heterocycles. The molecule has 2 aromatic rings. The molecule has 112 valence electrons. The Hall–Kier alpha value is -1.88. The van der Waals surface area contributed by atoms with Crippen LogP contribution in [0.1, 0.15) is 27.2 Å². The third-order valence-electron chi connectivity index (χ3n) is 2.89. The molecule has 0 aliphatic heterocycles. The van der Waals surface area contributed by atoms with Crippen molar-refractivity contribution in [3.8, 4) is 11.3 Å². The van der Waals surface area contributed by atoms with Gasteiger partial charge in [-0.2, -0.15) is 0 Å². The normalized spacial score (nSPS) is 10.7. The topological polar surface area (TPSA) is 54.0 Å². The van der Waals surface area contributed by atoms with Gasteiger partial charge in [-0.15, -0.1) is 11.3 Å². The number of benzene rings is 1. The summed E-state index contributed by atoms with van der Waals surface area (Å²) in [6, 6.07) is 7.80. The molecule has 1 amide bonds. The lowest BCUT2D eigenvalue weighted by Crippen LogP contribution is -2.13. The van der Waals surface area contributed by atoms with Crippen molar-refractivity contribution in [3.05, 3.63) is 29.6 Å². The van der Waals surface area contributed by atoms with E-state index in [-0.39, 0.29) is 5.91 Å². The van der Waals surface area contributed by atoms with Crippen molar-refractivity contribution in [1.29, 1.82) is 0 Å². The average molecular weight is 303 g/mol. The lowest BCUT2D eigenvalue weighted by molar-refractivity contribution is -0.116. The van der Waals surface area contributed by atoms with E-state index in [9.17, 15) is 4.79 Å². The first kappa shape index (κ1) is 15.5. The highest BCUT2D eigenvalue weighted by Crippen LogP contribution is 2.25.